The number of hydrogen-bond donors (Lipinski definition) is 1. The number of alkyl halides is 3. The van der Waals surface area contributed by atoms with Crippen LogP contribution < -0.4 is 10.2 Å². The third-order valence-electron chi connectivity index (χ3n) is 3.30. The summed E-state index contributed by atoms with van der Waals surface area (Å²) >= 11 is 0. The van der Waals surface area contributed by atoms with Crippen LogP contribution >= 0.6 is 0 Å². The number of rotatable bonds is 6. The molecule has 4 nitrogen and oxygen atoms in total. The molecule has 2 aromatic rings. The second-order valence-corrected chi connectivity index (χ2v) is 6.05. The molecule has 7 heteroatoms. The summed E-state index contributed by atoms with van der Waals surface area (Å²) < 4.78 is 43.5. The summed E-state index contributed by atoms with van der Waals surface area (Å²) in [7, 11) is 0. The normalized spacial score (nSPS) is 11.8. The maximum Gasteiger partial charge on any atom is 0.416 e. The Balaban J connectivity index is 1.94. The van der Waals surface area contributed by atoms with Crippen LogP contribution in [0.2, 0.25) is 0 Å². The number of amides is 1. The average molecular weight is 364 g/mol. The van der Waals surface area contributed by atoms with Crippen LogP contribution in [-0.4, -0.2) is 18.7 Å². The van der Waals surface area contributed by atoms with Gasteiger partial charge in [-0.1, -0.05) is 19.9 Å². The summed E-state index contributed by atoms with van der Waals surface area (Å²) in [6.45, 7) is 4.71. The van der Waals surface area contributed by atoms with Gasteiger partial charge < -0.3 is 4.74 Å². The van der Waals surface area contributed by atoms with Crippen LogP contribution in [0.3, 0.4) is 0 Å². The number of carbonyl (C=O) groups is 1. The molecule has 0 bridgehead atoms. The Bertz CT molecular complexity index is 769. The molecule has 0 aliphatic rings. The van der Waals surface area contributed by atoms with E-state index in [0.717, 1.165) is 17.9 Å². The molecule has 138 valence electrons. The van der Waals surface area contributed by atoms with E-state index in [0.29, 0.717) is 18.1 Å². The molecule has 0 heterocycles. The van der Waals surface area contributed by atoms with Crippen molar-refractivity contribution in [2.45, 2.75) is 20.0 Å². The Morgan fingerprint density at radius 1 is 1.19 bits per heavy atom. The van der Waals surface area contributed by atoms with Crippen molar-refractivity contribution in [3.63, 3.8) is 0 Å². The number of nitrogens with zero attached hydrogens (tertiary/aromatic N) is 1. The summed E-state index contributed by atoms with van der Waals surface area (Å²) in [5.41, 5.74) is 1.93. The molecular formula is C19H19F3N2O2. The van der Waals surface area contributed by atoms with Crippen molar-refractivity contribution in [1.82, 2.24) is 5.43 Å². The van der Waals surface area contributed by atoms with E-state index < -0.39 is 17.6 Å². The van der Waals surface area contributed by atoms with Crippen molar-refractivity contribution >= 4 is 12.1 Å². The lowest BCUT2D eigenvalue weighted by Gasteiger charge is -2.08. The van der Waals surface area contributed by atoms with Gasteiger partial charge in [-0.3, -0.25) is 4.79 Å². The van der Waals surface area contributed by atoms with E-state index in [9.17, 15) is 18.0 Å². The molecule has 1 amide bonds. The Kier molecular flexibility index (Phi) is 6.38. The SMILES string of the molecule is CC(C)COc1ccc(/C=N/NC(=O)c2cccc(C(F)(F)F)c2)cc1. The van der Waals surface area contributed by atoms with Gasteiger partial charge in [-0.15, -0.1) is 0 Å². The predicted octanol–water partition coefficient (Wildman–Crippen LogP) is 4.50. The molecule has 2 rings (SSSR count). The van der Waals surface area contributed by atoms with Gasteiger partial charge in [0.1, 0.15) is 5.75 Å². The van der Waals surface area contributed by atoms with E-state index >= 15 is 0 Å². The van der Waals surface area contributed by atoms with Crippen LogP contribution in [0.1, 0.15) is 35.3 Å². The number of halogens is 3. The van der Waals surface area contributed by atoms with Gasteiger partial charge in [0, 0.05) is 5.56 Å². The fourth-order valence-electron chi connectivity index (χ4n) is 1.98. The van der Waals surface area contributed by atoms with Gasteiger partial charge in [0.2, 0.25) is 0 Å². The smallest absolute Gasteiger partial charge is 0.416 e. The molecule has 0 saturated heterocycles. The quantitative estimate of drug-likeness (QED) is 0.606. The van der Waals surface area contributed by atoms with E-state index in [2.05, 4.69) is 10.5 Å². The highest BCUT2D eigenvalue weighted by atomic mass is 19.4. The van der Waals surface area contributed by atoms with Crippen molar-refractivity contribution in [3.05, 3.63) is 65.2 Å². The van der Waals surface area contributed by atoms with Gasteiger partial charge in [-0.25, -0.2) is 5.43 Å². The molecular weight excluding hydrogens is 345 g/mol. The van der Waals surface area contributed by atoms with Crippen molar-refractivity contribution in [2.24, 2.45) is 11.0 Å². The van der Waals surface area contributed by atoms with Crippen LogP contribution in [0, 0.1) is 5.92 Å². The molecule has 0 atom stereocenters. The minimum absolute atomic E-state index is 0.116. The third kappa shape index (κ3) is 5.91. The van der Waals surface area contributed by atoms with Gasteiger partial charge in [0.15, 0.2) is 0 Å². The summed E-state index contributed by atoms with van der Waals surface area (Å²) in [6.07, 6.45) is -3.10. The van der Waals surface area contributed by atoms with Gasteiger partial charge in [0.25, 0.3) is 5.91 Å². The highest BCUT2D eigenvalue weighted by Gasteiger charge is 2.30. The molecule has 0 saturated carbocycles. The molecule has 0 spiro atoms. The molecule has 0 radical (unpaired) electrons. The molecule has 0 fully saturated rings. The summed E-state index contributed by atoms with van der Waals surface area (Å²) in [6, 6.07) is 11.2. The Morgan fingerprint density at radius 3 is 2.50 bits per heavy atom. The Hall–Kier alpha value is -2.83. The first-order valence-electron chi connectivity index (χ1n) is 7.99. The van der Waals surface area contributed by atoms with E-state index in [1.54, 1.807) is 24.3 Å². The van der Waals surface area contributed by atoms with Gasteiger partial charge in [-0.05, 0) is 53.9 Å². The monoisotopic (exact) mass is 364 g/mol. The molecule has 0 aromatic heterocycles. The van der Waals surface area contributed by atoms with Crippen molar-refractivity contribution in [2.75, 3.05) is 6.61 Å². The number of carbonyl (C=O) groups excluding carboxylic acids is 1. The highest BCUT2D eigenvalue weighted by Crippen LogP contribution is 2.29. The van der Waals surface area contributed by atoms with Crippen LogP contribution in [0.15, 0.2) is 53.6 Å². The van der Waals surface area contributed by atoms with Gasteiger partial charge in [0.05, 0.1) is 18.4 Å². The standard InChI is InChI=1S/C19H19F3N2O2/c1-13(2)12-26-17-8-6-14(7-9-17)11-23-24-18(25)15-4-3-5-16(10-15)19(20,21)22/h3-11,13H,12H2,1-2H3,(H,24,25)/b23-11+. The zero-order valence-corrected chi connectivity index (χ0v) is 14.4. The molecule has 0 unspecified atom stereocenters. The van der Waals surface area contributed by atoms with E-state index in [4.69, 9.17) is 4.74 Å². The molecule has 1 N–H and O–H groups in total. The zero-order chi connectivity index (χ0) is 19.2. The molecule has 26 heavy (non-hydrogen) atoms. The maximum absolute atomic E-state index is 12.7. The zero-order valence-electron chi connectivity index (χ0n) is 14.4. The number of ether oxygens (including phenoxy) is 1. The Morgan fingerprint density at radius 2 is 1.88 bits per heavy atom. The van der Waals surface area contributed by atoms with E-state index in [-0.39, 0.29) is 5.56 Å². The first-order chi connectivity index (χ1) is 12.3. The van der Waals surface area contributed by atoms with Crippen molar-refractivity contribution in [1.29, 1.82) is 0 Å². The summed E-state index contributed by atoms with van der Waals surface area (Å²) in [5.74, 6) is 0.426. The topological polar surface area (TPSA) is 50.7 Å². The molecule has 0 aliphatic carbocycles. The number of hydrogen-bond acceptors (Lipinski definition) is 3. The average Bonchev–Trinajstić information content (AvgIpc) is 2.60. The lowest BCUT2D eigenvalue weighted by molar-refractivity contribution is -0.137. The van der Waals surface area contributed by atoms with Crippen LogP contribution in [0.4, 0.5) is 13.2 Å². The van der Waals surface area contributed by atoms with Crippen LogP contribution in [-0.2, 0) is 6.18 Å². The van der Waals surface area contributed by atoms with Crippen LogP contribution in [0.5, 0.6) is 5.75 Å². The van der Waals surface area contributed by atoms with E-state index in [1.807, 2.05) is 13.8 Å². The minimum atomic E-state index is -4.50. The highest BCUT2D eigenvalue weighted by molar-refractivity contribution is 5.95. The lowest BCUT2D eigenvalue weighted by atomic mass is 10.1. The first kappa shape index (κ1) is 19.5. The third-order valence-corrected chi connectivity index (χ3v) is 3.30. The second kappa shape index (κ2) is 8.51. The number of hydrazone groups is 1. The van der Waals surface area contributed by atoms with E-state index in [1.165, 1.54) is 18.3 Å². The molecule has 0 aliphatic heterocycles. The fourth-order valence-corrected chi connectivity index (χ4v) is 1.98. The Labute approximate surface area is 149 Å². The first-order valence-corrected chi connectivity index (χ1v) is 7.99. The number of benzene rings is 2. The predicted molar refractivity (Wildman–Crippen MR) is 93.3 cm³/mol. The largest absolute Gasteiger partial charge is 0.493 e. The van der Waals surface area contributed by atoms with Crippen molar-refractivity contribution < 1.29 is 22.7 Å². The van der Waals surface area contributed by atoms with Gasteiger partial charge >= 0.3 is 6.18 Å². The maximum atomic E-state index is 12.7. The minimum Gasteiger partial charge on any atom is -0.493 e. The summed E-state index contributed by atoms with van der Waals surface area (Å²) in [4.78, 5) is 11.9. The molecule has 2 aromatic carbocycles. The van der Waals surface area contributed by atoms with Crippen LogP contribution in [0.25, 0.3) is 0 Å². The fraction of sp³-hybridized carbons (Fsp3) is 0.263. The van der Waals surface area contributed by atoms with Crippen molar-refractivity contribution in [3.8, 4) is 5.75 Å². The summed E-state index contributed by atoms with van der Waals surface area (Å²) in [5, 5.41) is 3.77. The van der Waals surface area contributed by atoms with Gasteiger partial charge in [-0.2, -0.15) is 18.3 Å². The second-order valence-electron chi connectivity index (χ2n) is 6.05. The number of nitrogens with one attached hydrogen (secondary N) is 1. The lowest BCUT2D eigenvalue weighted by Crippen LogP contribution is -2.18.